The number of nitrogens with zero attached hydrogens (tertiary/aromatic N) is 4. The molecule has 8 rings (SSSR count). The highest BCUT2D eigenvalue weighted by Crippen LogP contribution is 2.42. The number of aromatic amines is 2. The predicted octanol–water partition coefficient (Wildman–Crippen LogP) is 7.31. The van der Waals surface area contributed by atoms with Gasteiger partial charge in [-0.05, 0) is 58.0 Å². The molecule has 4 aromatic carbocycles. The Morgan fingerprint density at radius 3 is 2.05 bits per heavy atom. The number of ether oxygens (including phenoxy) is 2. The van der Waals surface area contributed by atoms with Crippen molar-refractivity contribution in [1.29, 1.82) is 0 Å². The maximum atomic E-state index is 15.0. The number of hydrogen-bond donors (Lipinski definition) is 4. The second-order valence-electron chi connectivity index (χ2n) is 14.8. The molecule has 4 amide bonds. The molecule has 0 spiro atoms. The second kappa shape index (κ2) is 16.6. The van der Waals surface area contributed by atoms with Crippen molar-refractivity contribution in [3.63, 3.8) is 0 Å². The Morgan fingerprint density at radius 2 is 1.37 bits per heavy atom. The topological polar surface area (TPSA) is 175 Å². The average molecular weight is 817 g/mol. The molecule has 16 heteroatoms. The molecule has 4 N–H and O–H groups in total. The quantitative estimate of drug-likeness (QED) is 0.111. The molecule has 60 heavy (non-hydrogen) atoms. The molecule has 0 aliphatic carbocycles. The Kier molecular flexibility index (Phi) is 11.0. The Morgan fingerprint density at radius 1 is 0.767 bits per heavy atom. The number of nitrogens with one attached hydrogen (secondary N) is 4. The minimum atomic E-state index is -3.17. The third kappa shape index (κ3) is 8.26. The first kappa shape index (κ1) is 39.7. The highest BCUT2D eigenvalue weighted by Gasteiger charge is 2.50. The average Bonchev–Trinajstić information content (AvgIpc) is 4.11. The van der Waals surface area contributed by atoms with E-state index < -0.39 is 49.1 Å². The number of carbonyl (C=O) groups excluding carboxylic acids is 4. The molecule has 0 bridgehead atoms. The van der Waals surface area contributed by atoms with E-state index >= 15 is 0 Å². The van der Waals surface area contributed by atoms with Gasteiger partial charge in [0.1, 0.15) is 24.2 Å². The van der Waals surface area contributed by atoms with Crippen molar-refractivity contribution < 1.29 is 37.4 Å². The van der Waals surface area contributed by atoms with Crippen molar-refractivity contribution in [1.82, 2.24) is 40.4 Å². The zero-order valence-electron chi connectivity index (χ0n) is 32.8. The summed E-state index contributed by atoms with van der Waals surface area (Å²) in [5, 5.41) is 7.01. The summed E-state index contributed by atoms with van der Waals surface area (Å²) < 4.78 is 39.2. The van der Waals surface area contributed by atoms with Gasteiger partial charge in [-0.15, -0.1) is 0 Å². The minimum Gasteiger partial charge on any atom is -0.453 e. The third-order valence-electron chi connectivity index (χ3n) is 11.0. The van der Waals surface area contributed by atoms with Crippen molar-refractivity contribution in [2.75, 3.05) is 33.9 Å². The molecule has 3 atom stereocenters. The van der Waals surface area contributed by atoms with E-state index in [1.54, 1.807) is 47.6 Å². The highest BCUT2D eigenvalue weighted by molar-refractivity contribution is 5.91. The number of halogens is 2. The van der Waals surface area contributed by atoms with Gasteiger partial charge in [0.25, 0.3) is 11.8 Å². The largest absolute Gasteiger partial charge is 0.453 e. The van der Waals surface area contributed by atoms with Crippen LogP contribution >= 0.6 is 0 Å². The first-order valence-electron chi connectivity index (χ1n) is 19.4. The van der Waals surface area contributed by atoms with E-state index in [0.29, 0.717) is 23.6 Å². The number of carbonyl (C=O) groups is 4. The highest BCUT2D eigenvalue weighted by atomic mass is 19.3. The fourth-order valence-electron chi connectivity index (χ4n) is 7.98. The SMILES string of the molecule is COC(=O)NCC(=O)N1CCCC1c1ncc(-c2ccc3cc(-c4ccc(-c5cnc(C6CC(F)(F)CN6C(=O)C(NC(=O)OC)c6ccccc6)[nH]5)cc4)ccc3c2)[nH]1. The smallest absolute Gasteiger partial charge is 0.407 e. The molecule has 2 aromatic heterocycles. The number of imidazole rings is 2. The fourth-order valence-corrected chi connectivity index (χ4v) is 7.98. The van der Waals surface area contributed by atoms with E-state index in [0.717, 1.165) is 63.6 Å². The summed E-state index contributed by atoms with van der Waals surface area (Å²) in [5.74, 6) is -3.16. The van der Waals surface area contributed by atoms with Crippen molar-refractivity contribution in [2.45, 2.75) is 43.3 Å². The lowest BCUT2D eigenvalue weighted by molar-refractivity contribution is -0.136. The van der Waals surface area contributed by atoms with Gasteiger partial charge in [-0.2, -0.15) is 0 Å². The number of aromatic nitrogens is 4. The van der Waals surface area contributed by atoms with Crippen molar-refractivity contribution >= 4 is 34.8 Å². The van der Waals surface area contributed by atoms with Gasteiger partial charge in [0.15, 0.2) is 0 Å². The van der Waals surface area contributed by atoms with Crippen LogP contribution in [0.25, 0.3) is 44.4 Å². The Labute approximate surface area is 343 Å². The first-order chi connectivity index (χ1) is 29.0. The number of alkyl halides is 2. The van der Waals surface area contributed by atoms with E-state index in [1.165, 1.54) is 7.11 Å². The van der Waals surface area contributed by atoms with Gasteiger partial charge in [0, 0.05) is 18.5 Å². The van der Waals surface area contributed by atoms with Crippen LogP contribution in [0.5, 0.6) is 0 Å². The molecule has 0 radical (unpaired) electrons. The molecule has 4 heterocycles. The maximum absolute atomic E-state index is 15.0. The summed E-state index contributed by atoms with van der Waals surface area (Å²) in [5.41, 5.74) is 5.55. The number of hydrogen-bond acceptors (Lipinski definition) is 8. The molecule has 14 nitrogen and oxygen atoms in total. The number of benzene rings is 4. The molecular weight excluding hydrogens is 775 g/mol. The van der Waals surface area contributed by atoms with Crippen LogP contribution < -0.4 is 10.6 Å². The third-order valence-corrected chi connectivity index (χ3v) is 11.0. The maximum Gasteiger partial charge on any atom is 0.407 e. The molecule has 308 valence electrons. The van der Waals surface area contributed by atoms with Crippen molar-refractivity contribution in [3.05, 3.63) is 121 Å². The predicted molar refractivity (Wildman–Crippen MR) is 217 cm³/mol. The first-order valence-corrected chi connectivity index (χ1v) is 19.4. The number of alkyl carbamates (subject to hydrolysis) is 2. The molecule has 2 aliphatic heterocycles. The number of likely N-dealkylation sites (tertiary alicyclic amines) is 2. The summed E-state index contributed by atoms with van der Waals surface area (Å²) in [6.45, 7) is -0.394. The van der Waals surface area contributed by atoms with Gasteiger partial charge in [-0.1, -0.05) is 78.9 Å². The van der Waals surface area contributed by atoms with Gasteiger partial charge in [0.2, 0.25) is 5.91 Å². The number of fused-ring (bicyclic) bond motifs is 1. The fraction of sp³-hybridized carbons (Fsp3) is 0.273. The van der Waals surface area contributed by atoms with Crippen LogP contribution in [0.3, 0.4) is 0 Å². The van der Waals surface area contributed by atoms with Crippen LogP contribution in [-0.2, 0) is 19.1 Å². The van der Waals surface area contributed by atoms with Crippen molar-refractivity contribution in [2.24, 2.45) is 0 Å². The van der Waals surface area contributed by atoms with Gasteiger partial charge in [-0.3, -0.25) is 9.59 Å². The van der Waals surface area contributed by atoms with E-state index in [9.17, 15) is 28.0 Å². The van der Waals surface area contributed by atoms with Crippen LogP contribution in [-0.4, -0.2) is 93.5 Å². The lowest BCUT2D eigenvalue weighted by atomic mass is 9.98. The van der Waals surface area contributed by atoms with Crippen LogP contribution in [0, 0.1) is 0 Å². The lowest BCUT2D eigenvalue weighted by Gasteiger charge is -2.28. The van der Waals surface area contributed by atoms with Gasteiger partial charge >= 0.3 is 12.2 Å². The normalized spacial score (nSPS) is 17.7. The monoisotopic (exact) mass is 816 g/mol. The van der Waals surface area contributed by atoms with Crippen LogP contribution in [0.1, 0.15) is 54.6 Å². The van der Waals surface area contributed by atoms with E-state index in [-0.39, 0.29) is 24.3 Å². The number of H-pyrrole nitrogens is 2. The second-order valence-corrected chi connectivity index (χ2v) is 14.8. The van der Waals surface area contributed by atoms with Gasteiger partial charge in [0.05, 0.1) is 56.6 Å². The number of amides is 4. The van der Waals surface area contributed by atoms with Gasteiger partial charge in [-0.25, -0.2) is 28.3 Å². The molecular formula is C44H42F2N8O6. The summed E-state index contributed by atoms with van der Waals surface area (Å²) >= 11 is 0. The molecule has 6 aromatic rings. The summed E-state index contributed by atoms with van der Waals surface area (Å²) in [7, 11) is 2.42. The molecule has 2 fully saturated rings. The van der Waals surface area contributed by atoms with E-state index in [1.807, 2.05) is 42.5 Å². The lowest BCUT2D eigenvalue weighted by Crippen LogP contribution is -2.43. The molecule has 3 unspecified atom stereocenters. The minimum absolute atomic E-state index is 0.147. The summed E-state index contributed by atoms with van der Waals surface area (Å²) in [4.78, 5) is 68.8. The zero-order valence-corrected chi connectivity index (χ0v) is 32.8. The van der Waals surface area contributed by atoms with E-state index in [2.05, 4.69) is 53.5 Å². The Balaban J connectivity index is 0.957. The van der Waals surface area contributed by atoms with Gasteiger partial charge < -0.3 is 39.9 Å². The van der Waals surface area contributed by atoms with E-state index in [4.69, 9.17) is 4.74 Å². The van der Waals surface area contributed by atoms with Crippen LogP contribution in [0.2, 0.25) is 0 Å². The van der Waals surface area contributed by atoms with Crippen LogP contribution in [0.15, 0.2) is 103 Å². The van der Waals surface area contributed by atoms with Crippen molar-refractivity contribution in [3.8, 4) is 33.6 Å². The molecule has 2 aliphatic rings. The summed E-state index contributed by atoms with van der Waals surface area (Å²) in [6.07, 6.45) is 2.79. The Bertz CT molecular complexity index is 2540. The summed E-state index contributed by atoms with van der Waals surface area (Å²) in [6, 6.07) is 26.0. The molecule has 0 saturated carbocycles. The Hall–Kier alpha value is -7.10. The number of methoxy groups -OCH3 is 2. The molecule has 2 saturated heterocycles. The standard InChI is InChI=1S/C44H42F2N8O6/c1-59-42(57)49-24-37(55)53-18-6-9-35(53)39-47-23-34(51-39)32-17-16-30-19-29(14-15-31(30)20-32)26-10-12-27(13-11-26)33-22-48-40(50-33)36-21-44(45,46)25-54(36)41(56)38(52-43(58)60-2)28-7-4-3-5-8-28/h3-5,7-8,10-17,19-20,22-23,35-36,38H,6,9,18,21,24-25H2,1-2H3,(H,47,51)(H,48,50)(H,49,57)(H,52,58). The number of rotatable bonds is 10. The zero-order chi connectivity index (χ0) is 42.0. The van der Waals surface area contributed by atoms with Crippen LogP contribution in [0.4, 0.5) is 18.4 Å².